The largest absolute Gasteiger partial charge is 0.298 e. The van der Waals surface area contributed by atoms with E-state index in [-0.39, 0.29) is 5.91 Å². The lowest BCUT2D eigenvalue weighted by atomic mass is 10.1. The van der Waals surface area contributed by atoms with Crippen molar-refractivity contribution in [3.05, 3.63) is 57.1 Å². The van der Waals surface area contributed by atoms with Crippen LogP contribution in [0.1, 0.15) is 21.5 Å². The summed E-state index contributed by atoms with van der Waals surface area (Å²) < 4.78 is 1.06. The van der Waals surface area contributed by atoms with E-state index in [1.54, 1.807) is 18.2 Å². The number of benzene rings is 2. The van der Waals surface area contributed by atoms with E-state index in [4.69, 9.17) is 23.2 Å². The van der Waals surface area contributed by atoms with E-state index in [0.717, 1.165) is 15.8 Å². The first-order valence-corrected chi connectivity index (χ1v) is 8.15. The van der Waals surface area contributed by atoms with Crippen LogP contribution in [-0.2, 0) is 0 Å². The van der Waals surface area contributed by atoms with Crippen LogP contribution in [-0.4, -0.2) is 10.9 Å². The first-order chi connectivity index (χ1) is 10.4. The van der Waals surface area contributed by atoms with Crippen molar-refractivity contribution in [1.29, 1.82) is 0 Å². The summed E-state index contributed by atoms with van der Waals surface area (Å²) in [7, 11) is 0. The van der Waals surface area contributed by atoms with Crippen LogP contribution in [0.2, 0.25) is 10.0 Å². The average Bonchev–Trinajstić information content (AvgIpc) is 2.84. The molecule has 1 aromatic heterocycles. The van der Waals surface area contributed by atoms with E-state index in [1.807, 2.05) is 13.8 Å². The molecule has 3 rings (SSSR count). The Morgan fingerprint density at radius 2 is 1.91 bits per heavy atom. The summed E-state index contributed by atoms with van der Waals surface area (Å²) in [5.74, 6) is -0.257. The van der Waals surface area contributed by atoms with Crippen LogP contribution in [0, 0.1) is 13.8 Å². The number of rotatable bonds is 2. The number of hydrogen-bond acceptors (Lipinski definition) is 3. The molecule has 22 heavy (non-hydrogen) atoms. The molecule has 3 aromatic rings. The van der Waals surface area contributed by atoms with Crippen LogP contribution < -0.4 is 5.32 Å². The van der Waals surface area contributed by atoms with Crippen LogP contribution in [0.4, 0.5) is 5.13 Å². The van der Waals surface area contributed by atoms with Gasteiger partial charge in [-0.2, -0.15) is 0 Å². The molecule has 6 heteroatoms. The minimum absolute atomic E-state index is 0.257. The second-order valence-corrected chi connectivity index (χ2v) is 6.88. The van der Waals surface area contributed by atoms with Gasteiger partial charge in [0.1, 0.15) is 0 Å². The first-order valence-electron chi connectivity index (χ1n) is 6.58. The molecule has 0 aliphatic heterocycles. The average molecular weight is 351 g/mol. The molecule has 0 radical (unpaired) electrons. The number of hydrogen-bond donors (Lipinski definition) is 1. The van der Waals surface area contributed by atoms with Gasteiger partial charge in [-0.1, -0.05) is 40.6 Å². The van der Waals surface area contributed by atoms with E-state index < -0.39 is 0 Å². The topological polar surface area (TPSA) is 42.0 Å². The van der Waals surface area contributed by atoms with Crippen molar-refractivity contribution < 1.29 is 4.79 Å². The van der Waals surface area contributed by atoms with Gasteiger partial charge in [-0.25, -0.2) is 4.98 Å². The lowest BCUT2D eigenvalue weighted by Gasteiger charge is -2.03. The van der Waals surface area contributed by atoms with Gasteiger partial charge in [-0.15, -0.1) is 0 Å². The monoisotopic (exact) mass is 350 g/mol. The second-order valence-electron chi connectivity index (χ2n) is 5.03. The van der Waals surface area contributed by atoms with Crippen molar-refractivity contribution in [1.82, 2.24) is 4.98 Å². The molecule has 0 saturated heterocycles. The van der Waals surface area contributed by atoms with Gasteiger partial charge >= 0.3 is 0 Å². The van der Waals surface area contributed by atoms with Crippen LogP contribution in [0.3, 0.4) is 0 Å². The Bertz CT molecular complexity index is 889. The smallest absolute Gasteiger partial charge is 0.257 e. The van der Waals surface area contributed by atoms with Gasteiger partial charge in [-0.3, -0.25) is 10.1 Å². The fourth-order valence-electron chi connectivity index (χ4n) is 2.23. The van der Waals surface area contributed by atoms with Crippen molar-refractivity contribution in [2.75, 3.05) is 5.32 Å². The normalized spacial score (nSPS) is 10.9. The Kier molecular flexibility index (Phi) is 4.08. The molecule has 0 spiro atoms. The van der Waals surface area contributed by atoms with Gasteiger partial charge in [0.05, 0.1) is 20.3 Å². The highest BCUT2D eigenvalue weighted by molar-refractivity contribution is 7.22. The molecule has 1 amide bonds. The number of nitrogens with zero attached hydrogens (tertiary/aromatic N) is 1. The number of aromatic nitrogens is 1. The van der Waals surface area contributed by atoms with Gasteiger partial charge in [0, 0.05) is 5.56 Å². The molecule has 0 bridgehead atoms. The maximum absolute atomic E-state index is 12.3. The number of nitrogens with one attached hydrogen (secondary N) is 1. The van der Waals surface area contributed by atoms with Crippen LogP contribution in [0.5, 0.6) is 0 Å². The van der Waals surface area contributed by atoms with Gasteiger partial charge in [0.25, 0.3) is 5.91 Å². The number of anilines is 1. The van der Waals surface area contributed by atoms with E-state index in [1.165, 1.54) is 16.9 Å². The standard InChI is InChI=1S/C16H12Cl2N2OS/c1-8-5-9(2)14-13(6-8)22-16(19-14)20-15(21)10-3-4-11(17)12(18)7-10/h3-7H,1-2H3,(H,19,20,21). The fourth-order valence-corrected chi connectivity index (χ4v) is 3.57. The molecule has 112 valence electrons. The third-order valence-corrected chi connectivity index (χ3v) is 4.89. The number of aryl methyl sites for hydroxylation is 2. The predicted molar refractivity (Wildman–Crippen MR) is 93.5 cm³/mol. The molecule has 0 aliphatic rings. The summed E-state index contributed by atoms with van der Waals surface area (Å²) in [4.78, 5) is 16.7. The SMILES string of the molecule is Cc1cc(C)c2nc(NC(=O)c3ccc(Cl)c(Cl)c3)sc2c1. The second kappa shape index (κ2) is 5.88. The quantitative estimate of drug-likeness (QED) is 0.665. The van der Waals surface area contributed by atoms with Crippen molar-refractivity contribution in [2.45, 2.75) is 13.8 Å². The molecule has 1 N–H and O–H groups in total. The summed E-state index contributed by atoms with van der Waals surface area (Å²) in [6.07, 6.45) is 0. The first kappa shape index (κ1) is 15.3. The highest BCUT2D eigenvalue weighted by Gasteiger charge is 2.12. The van der Waals surface area contributed by atoms with Crippen molar-refractivity contribution in [3.8, 4) is 0 Å². The summed E-state index contributed by atoms with van der Waals surface area (Å²) >= 11 is 13.2. The molecule has 0 atom stereocenters. The van der Waals surface area contributed by atoms with Crippen molar-refractivity contribution >= 4 is 55.8 Å². The zero-order valence-corrected chi connectivity index (χ0v) is 14.2. The predicted octanol–water partition coefficient (Wildman–Crippen LogP) is 5.47. The highest BCUT2D eigenvalue weighted by Crippen LogP contribution is 2.30. The maximum Gasteiger partial charge on any atom is 0.257 e. The van der Waals surface area contributed by atoms with Crippen molar-refractivity contribution in [3.63, 3.8) is 0 Å². The lowest BCUT2D eigenvalue weighted by Crippen LogP contribution is -2.11. The zero-order chi connectivity index (χ0) is 15.9. The minimum atomic E-state index is -0.257. The number of halogens is 2. The molecule has 3 nitrogen and oxygen atoms in total. The van der Waals surface area contributed by atoms with Crippen LogP contribution >= 0.6 is 34.5 Å². The molecule has 0 fully saturated rings. The summed E-state index contributed by atoms with van der Waals surface area (Å²) in [6.45, 7) is 4.06. The fraction of sp³-hybridized carbons (Fsp3) is 0.125. The van der Waals surface area contributed by atoms with Crippen molar-refractivity contribution in [2.24, 2.45) is 0 Å². The Morgan fingerprint density at radius 1 is 1.14 bits per heavy atom. The van der Waals surface area contributed by atoms with Gasteiger partial charge in [0.2, 0.25) is 0 Å². The molecule has 0 saturated carbocycles. The molecular weight excluding hydrogens is 339 g/mol. The van der Waals surface area contributed by atoms with E-state index in [9.17, 15) is 4.79 Å². The number of fused-ring (bicyclic) bond motifs is 1. The molecule has 1 heterocycles. The zero-order valence-electron chi connectivity index (χ0n) is 11.9. The summed E-state index contributed by atoms with van der Waals surface area (Å²) in [5, 5.41) is 4.15. The highest BCUT2D eigenvalue weighted by atomic mass is 35.5. The van der Waals surface area contributed by atoms with Gasteiger partial charge < -0.3 is 0 Å². The van der Waals surface area contributed by atoms with Gasteiger partial charge in [0.15, 0.2) is 5.13 Å². The molecule has 0 aliphatic carbocycles. The number of amides is 1. The molecule has 2 aromatic carbocycles. The summed E-state index contributed by atoms with van der Waals surface area (Å²) in [5.41, 5.74) is 3.64. The molecule has 0 unspecified atom stereocenters. The van der Waals surface area contributed by atoms with E-state index in [0.29, 0.717) is 20.7 Å². The van der Waals surface area contributed by atoms with E-state index >= 15 is 0 Å². The lowest BCUT2D eigenvalue weighted by molar-refractivity contribution is 0.102. The molecular formula is C16H12Cl2N2OS. The third kappa shape index (κ3) is 2.95. The van der Waals surface area contributed by atoms with E-state index in [2.05, 4.69) is 22.4 Å². The number of carbonyl (C=O) groups excluding carboxylic acids is 1. The Labute approximate surface area is 141 Å². The maximum atomic E-state index is 12.3. The number of carbonyl (C=O) groups is 1. The van der Waals surface area contributed by atoms with Crippen LogP contribution in [0.15, 0.2) is 30.3 Å². The Balaban J connectivity index is 1.90. The Morgan fingerprint density at radius 3 is 2.64 bits per heavy atom. The summed E-state index contributed by atoms with van der Waals surface area (Å²) in [6, 6.07) is 8.92. The Hall–Kier alpha value is -1.62. The van der Waals surface area contributed by atoms with Gasteiger partial charge in [-0.05, 0) is 49.2 Å². The van der Waals surface area contributed by atoms with Crippen LogP contribution in [0.25, 0.3) is 10.2 Å². The third-order valence-electron chi connectivity index (χ3n) is 3.23. The number of thiazole rings is 1. The minimum Gasteiger partial charge on any atom is -0.298 e.